The minimum atomic E-state index is -0.432. The fraction of sp³-hybridized carbons (Fsp3) is 0.0500. The molecule has 1 aliphatic rings. The third kappa shape index (κ3) is 4.19. The van der Waals surface area contributed by atoms with E-state index in [9.17, 15) is 14.7 Å². The van der Waals surface area contributed by atoms with Crippen LogP contribution in [0.15, 0.2) is 56.7 Å². The first kappa shape index (κ1) is 19.6. The molecule has 6 nitrogen and oxygen atoms in total. The number of hydrogen-bond donors (Lipinski definition) is 2. The monoisotopic (exact) mass is 489 g/mol. The minimum absolute atomic E-state index is 0.254. The molecule has 2 heterocycles. The van der Waals surface area contributed by atoms with Crippen LogP contribution in [0.3, 0.4) is 0 Å². The second-order valence-corrected chi connectivity index (χ2v) is 8.56. The molecule has 0 spiro atoms. The van der Waals surface area contributed by atoms with Gasteiger partial charge in [0.25, 0.3) is 0 Å². The van der Waals surface area contributed by atoms with E-state index in [2.05, 4.69) is 26.2 Å². The van der Waals surface area contributed by atoms with E-state index in [1.807, 2.05) is 18.2 Å². The van der Waals surface area contributed by atoms with Gasteiger partial charge in [0, 0.05) is 32.5 Å². The number of thiazole rings is 1. The topological polar surface area (TPSA) is 83.7 Å². The number of nitrogens with zero attached hydrogens (tertiary/aromatic N) is 2. The number of carbonyl (C=O) groups excluding carboxylic acids is 1. The van der Waals surface area contributed by atoms with Crippen LogP contribution < -0.4 is 10.2 Å². The molecule has 2 aromatic carbocycles. The van der Waals surface area contributed by atoms with Crippen molar-refractivity contribution in [3.05, 3.63) is 72.1 Å². The predicted molar refractivity (Wildman–Crippen MR) is 120 cm³/mol. The fourth-order valence-electron chi connectivity index (χ4n) is 2.84. The van der Waals surface area contributed by atoms with E-state index in [0.29, 0.717) is 15.6 Å². The van der Waals surface area contributed by atoms with E-state index in [-0.39, 0.29) is 12.4 Å². The highest BCUT2D eigenvalue weighted by atomic mass is 79.9. The molecule has 9 heteroatoms. The van der Waals surface area contributed by atoms with Crippen molar-refractivity contribution in [2.24, 2.45) is 4.99 Å². The van der Waals surface area contributed by atoms with Crippen molar-refractivity contribution in [1.82, 2.24) is 4.57 Å². The average Bonchev–Trinajstić information content (AvgIpc) is 3.19. The van der Waals surface area contributed by atoms with Crippen LogP contribution in [0.5, 0.6) is 5.88 Å². The first-order valence-electron chi connectivity index (χ1n) is 8.44. The maximum Gasteiger partial charge on any atom is 0.311 e. The molecular formula is C20H13BrClN3O3S. The number of carbonyl (C=O) groups is 1. The van der Waals surface area contributed by atoms with Crippen LogP contribution in [-0.2, 0) is 11.3 Å². The normalized spacial score (nSPS) is 13.7. The first-order chi connectivity index (χ1) is 13.9. The Kier molecular flexibility index (Phi) is 5.40. The second-order valence-electron chi connectivity index (χ2n) is 6.22. The molecule has 0 bridgehead atoms. The number of aromatic hydroxyl groups is 1. The summed E-state index contributed by atoms with van der Waals surface area (Å²) >= 11 is 10.1. The van der Waals surface area contributed by atoms with E-state index in [1.165, 1.54) is 0 Å². The van der Waals surface area contributed by atoms with Crippen molar-refractivity contribution in [3.8, 4) is 5.88 Å². The molecule has 4 rings (SSSR count). The van der Waals surface area contributed by atoms with Crippen LogP contribution in [0.1, 0.15) is 10.4 Å². The number of aliphatic imine (C=N–C) groups is 1. The Morgan fingerprint density at radius 3 is 2.79 bits per heavy atom. The summed E-state index contributed by atoms with van der Waals surface area (Å²) in [6, 6.07) is 12.3. The Balaban J connectivity index is 1.57. The van der Waals surface area contributed by atoms with Crippen molar-refractivity contribution in [1.29, 1.82) is 0 Å². The van der Waals surface area contributed by atoms with E-state index < -0.39 is 10.8 Å². The molecule has 3 aromatic rings. The van der Waals surface area contributed by atoms with Crippen LogP contribution in [0.4, 0.5) is 11.4 Å². The summed E-state index contributed by atoms with van der Waals surface area (Å²) in [6.07, 6.45) is 3.37. The number of halogens is 2. The van der Waals surface area contributed by atoms with Crippen LogP contribution in [0.2, 0.25) is 5.02 Å². The van der Waals surface area contributed by atoms with Gasteiger partial charge in [0.1, 0.15) is 6.54 Å². The highest BCUT2D eigenvalue weighted by molar-refractivity contribution is 9.10. The van der Waals surface area contributed by atoms with Gasteiger partial charge in [-0.05, 0) is 48.5 Å². The molecule has 0 radical (unpaired) electrons. The van der Waals surface area contributed by atoms with Gasteiger partial charge in [0.2, 0.25) is 11.8 Å². The number of allylic oxidation sites excluding steroid dienone is 1. The van der Waals surface area contributed by atoms with E-state index in [0.717, 1.165) is 37.2 Å². The smallest absolute Gasteiger partial charge is 0.311 e. The van der Waals surface area contributed by atoms with Crippen LogP contribution in [0, 0.1) is 0 Å². The summed E-state index contributed by atoms with van der Waals surface area (Å²) < 4.78 is 1.94. The Morgan fingerprint density at radius 1 is 1.28 bits per heavy atom. The third-order valence-corrected chi connectivity index (χ3v) is 5.88. The van der Waals surface area contributed by atoms with Crippen LogP contribution in [0.25, 0.3) is 11.6 Å². The summed E-state index contributed by atoms with van der Waals surface area (Å²) in [5, 5.41) is 13.7. The number of aromatic nitrogens is 1. The number of anilines is 1. The van der Waals surface area contributed by atoms with Crippen molar-refractivity contribution in [3.63, 3.8) is 0 Å². The van der Waals surface area contributed by atoms with Gasteiger partial charge in [0.05, 0.1) is 10.6 Å². The maximum absolute atomic E-state index is 12.3. The van der Waals surface area contributed by atoms with Gasteiger partial charge in [-0.15, -0.1) is 0 Å². The zero-order valence-electron chi connectivity index (χ0n) is 14.7. The van der Waals surface area contributed by atoms with Crippen LogP contribution in [-0.4, -0.2) is 21.8 Å². The Morgan fingerprint density at radius 2 is 2.03 bits per heavy atom. The number of fused-ring (bicyclic) bond motifs is 1. The lowest BCUT2D eigenvalue weighted by Crippen LogP contribution is -2.24. The second kappa shape index (κ2) is 7.98. The molecule has 2 N–H and O–H groups in total. The summed E-state index contributed by atoms with van der Waals surface area (Å²) in [5.41, 5.74) is 3.03. The third-order valence-electron chi connectivity index (χ3n) is 4.22. The molecule has 1 aliphatic heterocycles. The highest BCUT2D eigenvalue weighted by Crippen LogP contribution is 2.36. The maximum atomic E-state index is 12.3. The van der Waals surface area contributed by atoms with Gasteiger partial charge in [-0.3, -0.25) is 19.1 Å². The van der Waals surface area contributed by atoms with E-state index in [1.54, 1.807) is 36.6 Å². The van der Waals surface area contributed by atoms with E-state index in [4.69, 9.17) is 11.6 Å². The molecule has 0 atom stereocenters. The summed E-state index contributed by atoms with van der Waals surface area (Å²) in [5.74, 6) is -0.686. The number of benzene rings is 2. The molecule has 0 aliphatic carbocycles. The molecule has 0 saturated heterocycles. The van der Waals surface area contributed by atoms with Gasteiger partial charge in [-0.1, -0.05) is 38.9 Å². The molecule has 0 unspecified atom stereocenters. The van der Waals surface area contributed by atoms with Gasteiger partial charge in [0.15, 0.2) is 0 Å². The molecule has 146 valence electrons. The zero-order chi connectivity index (χ0) is 20.5. The predicted octanol–water partition coefficient (Wildman–Crippen LogP) is 4.93. The Labute approximate surface area is 182 Å². The van der Waals surface area contributed by atoms with Gasteiger partial charge < -0.3 is 10.4 Å². The fourth-order valence-corrected chi connectivity index (χ4v) is 4.17. The molecular weight excluding hydrogens is 478 g/mol. The lowest BCUT2D eigenvalue weighted by Gasteiger charge is -2.06. The van der Waals surface area contributed by atoms with Crippen molar-refractivity contribution < 1.29 is 9.90 Å². The summed E-state index contributed by atoms with van der Waals surface area (Å²) in [6.45, 7) is -0.302. The zero-order valence-corrected chi connectivity index (χ0v) is 17.9. The molecule has 29 heavy (non-hydrogen) atoms. The lowest BCUT2D eigenvalue weighted by molar-refractivity contribution is -0.116. The lowest BCUT2D eigenvalue weighted by atomic mass is 10.1. The summed E-state index contributed by atoms with van der Waals surface area (Å²) in [7, 11) is 0. The quantitative estimate of drug-likeness (QED) is 0.544. The van der Waals surface area contributed by atoms with Gasteiger partial charge >= 0.3 is 4.87 Å². The SMILES string of the molecule is O=C(Cn1c(O)c(C=C2C=Nc3ccc(Br)cc32)sc1=O)Nc1ccc(Cl)cc1. The summed E-state index contributed by atoms with van der Waals surface area (Å²) in [4.78, 5) is 28.9. The number of amides is 1. The Bertz CT molecular complexity index is 1230. The number of nitrogens with one attached hydrogen (secondary N) is 1. The number of rotatable bonds is 4. The standard InChI is InChI=1S/C20H13BrClN3O3S/c21-12-1-6-16-15(8-12)11(9-23-16)7-17-19(27)25(20(28)29-17)10-18(26)24-14-4-2-13(22)3-5-14/h1-9,27H,10H2,(H,24,26). The average molecular weight is 491 g/mol. The van der Waals surface area contributed by atoms with E-state index >= 15 is 0 Å². The molecule has 0 saturated carbocycles. The highest BCUT2D eigenvalue weighted by Gasteiger charge is 2.18. The van der Waals surface area contributed by atoms with Gasteiger partial charge in [-0.25, -0.2) is 0 Å². The van der Waals surface area contributed by atoms with Crippen molar-refractivity contribution in [2.75, 3.05) is 5.32 Å². The van der Waals surface area contributed by atoms with Crippen molar-refractivity contribution in [2.45, 2.75) is 6.54 Å². The van der Waals surface area contributed by atoms with Gasteiger partial charge in [-0.2, -0.15) is 0 Å². The van der Waals surface area contributed by atoms with Crippen LogP contribution >= 0.6 is 38.9 Å². The first-order valence-corrected chi connectivity index (χ1v) is 10.4. The molecule has 0 fully saturated rings. The Hall–Kier alpha value is -2.68. The molecule has 1 amide bonds. The largest absolute Gasteiger partial charge is 0.493 e. The number of hydrogen-bond acceptors (Lipinski definition) is 5. The molecule has 1 aromatic heterocycles. The van der Waals surface area contributed by atoms with Crippen molar-refractivity contribution >= 4 is 74.0 Å². The minimum Gasteiger partial charge on any atom is -0.493 e.